The topological polar surface area (TPSA) is 33.0 Å². The van der Waals surface area contributed by atoms with Crippen molar-refractivity contribution in [3.05, 3.63) is 59.5 Å². The van der Waals surface area contributed by atoms with E-state index in [2.05, 4.69) is 26.2 Å². The van der Waals surface area contributed by atoms with Gasteiger partial charge in [-0.2, -0.15) is 5.26 Å². The van der Waals surface area contributed by atoms with Crippen molar-refractivity contribution in [1.29, 1.82) is 5.26 Å². The van der Waals surface area contributed by atoms with Crippen LogP contribution in [-0.4, -0.2) is 6.61 Å². The Labute approximate surface area is 169 Å². The summed E-state index contributed by atoms with van der Waals surface area (Å²) in [6, 6.07) is 7.97. The first kappa shape index (κ1) is 21.4. The maximum Gasteiger partial charge on any atom is 0.121 e. The van der Waals surface area contributed by atoms with E-state index in [1.54, 1.807) is 17.8 Å². The van der Waals surface area contributed by atoms with Crippen LogP contribution in [0.1, 0.15) is 63.5 Å². The van der Waals surface area contributed by atoms with Crippen molar-refractivity contribution in [2.45, 2.75) is 52.4 Å². The molecule has 3 heteroatoms. The van der Waals surface area contributed by atoms with E-state index < -0.39 is 0 Å². The van der Waals surface area contributed by atoms with Crippen LogP contribution in [0.25, 0.3) is 4.91 Å². The number of ether oxygens (including phenoxy) is 1. The molecule has 0 saturated heterocycles. The number of hydrogen-bond acceptors (Lipinski definition) is 3. The molecule has 0 radical (unpaired) electrons. The first-order chi connectivity index (χ1) is 13.1. The zero-order chi connectivity index (χ0) is 19.6. The Kier molecular flexibility index (Phi) is 8.75. The number of benzene rings is 1. The van der Waals surface area contributed by atoms with Gasteiger partial charge in [0.05, 0.1) is 18.2 Å². The minimum atomic E-state index is 0.614. The molecule has 1 aliphatic rings. The number of nitriles is 1. The lowest BCUT2D eigenvalue weighted by Crippen LogP contribution is -2.25. The minimum Gasteiger partial charge on any atom is -0.493 e. The lowest BCUT2D eigenvalue weighted by Gasteiger charge is -2.31. The largest absolute Gasteiger partial charge is 0.493 e. The van der Waals surface area contributed by atoms with Crippen molar-refractivity contribution >= 4 is 16.7 Å². The van der Waals surface area contributed by atoms with E-state index in [1.165, 1.54) is 38.5 Å². The molecule has 0 heterocycles. The van der Waals surface area contributed by atoms with Crippen molar-refractivity contribution in [2.75, 3.05) is 6.61 Å². The van der Waals surface area contributed by atoms with Crippen molar-refractivity contribution in [3.8, 4) is 11.8 Å². The van der Waals surface area contributed by atoms with Crippen LogP contribution in [-0.2, 0) is 0 Å². The second-order valence-corrected chi connectivity index (χ2v) is 8.64. The smallest absolute Gasteiger partial charge is 0.121 e. The fraction of sp³-hybridized carbons (Fsp3) is 0.458. The molecule has 0 aliphatic heterocycles. The summed E-state index contributed by atoms with van der Waals surface area (Å²) in [5, 5.41) is 9.40. The molecule has 0 aromatic heterocycles. The molecule has 0 amide bonds. The zero-order valence-electron chi connectivity index (χ0n) is 16.7. The van der Waals surface area contributed by atoms with Crippen molar-refractivity contribution in [2.24, 2.45) is 11.8 Å². The Balaban J connectivity index is 2.10. The average molecular weight is 382 g/mol. The maximum absolute atomic E-state index is 9.40. The number of hydrogen-bond donors (Lipinski definition) is 0. The van der Waals surface area contributed by atoms with Gasteiger partial charge in [0, 0.05) is 4.91 Å². The summed E-state index contributed by atoms with van der Waals surface area (Å²) in [7, 11) is 0. The molecule has 1 aromatic carbocycles. The molecular weight excluding hydrogens is 350 g/mol. The van der Waals surface area contributed by atoms with Gasteiger partial charge < -0.3 is 4.74 Å². The van der Waals surface area contributed by atoms with E-state index in [4.69, 9.17) is 4.74 Å². The van der Waals surface area contributed by atoms with Crippen LogP contribution < -0.4 is 4.74 Å². The second kappa shape index (κ2) is 11.0. The van der Waals surface area contributed by atoms with Crippen molar-refractivity contribution in [1.82, 2.24) is 0 Å². The van der Waals surface area contributed by atoms with Crippen molar-refractivity contribution < 1.29 is 4.74 Å². The Morgan fingerprint density at radius 2 is 2.04 bits per heavy atom. The number of allylic oxidation sites excluding steroid dienone is 3. The van der Waals surface area contributed by atoms with Crippen LogP contribution in [0.15, 0.2) is 48.4 Å². The van der Waals surface area contributed by atoms with Crippen LogP contribution in [0, 0.1) is 23.2 Å². The molecule has 1 fully saturated rings. The molecule has 0 N–H and O–H groups in total. The highest BCUT2D eigenvalue weighted by Crippen LogP contribution is 2.36. The van der Waals surface area contributed by atoms with Gasteiger partial charge in [-0.3, -0.25) is 0 Å². The van der Waals surface area contributed by atoms with Gasteiger partial charge in [0.2, 0.25) is 0 Å². The highest BCUT2D eigenvalue weighted by atomic mass is 32.2. The Bertz CT molecular complexity index is 726. The predicted molar refractivity (Wildman–Crippen MR) is 118 cm³/mol. The van der Waals surface area contributed by atoms with E-state index >= 15 is 0 Å². The number of thioether (sulfide) groups is 1. The third-order valence-electron chi connectivity index (χ3n) is 5.18. The molecule has 0 spiro atoms. The summed E-state index contributed by atoms with van der Waals surface area (Å²) >= 11 is 1.59. The molecule has 1 aromatic rings. The van der Waals surface area contributed by atoms with Gasteiger partial charge in [0.25, 0.3) is 0 Å². The van der Waals surface area contributed by atoms with Crippen LogP contribution in [0.2, 0.25) is 0 Å². The Morgan fingerprint density at radius 3 is 2.70 bits per heavy atom. The second-order valence-electron chi connectivity index (χ2n) is 7.30. The lowest BCUT2D eigenvalue weighted by atomic mass is 9.77. The third-order valence-corrected chi connectivity index (χ3v) is 6.12. The van der Waals surface area contributed by atoms with Gasteiger partial charge in [0.15, 0.2) is 0 Å². The lowest BCUT2D eigenvalue weighted by molar-refractivity contribution is 0.142. The number of rotatable bonds is 9. The normalized spacial score (nSPS) is 20.0. The van der Waals surface area contributed by atoms with E-state index in [9.17, 15) is 5.26 Å². The average Bonchev–Trinajstić information content (AvgIpc) is 2.67. The molecule has 1 saturated carbocycles. The summed E-state index contributed by atoms with van der Waals surface area (Å²) in [5.74, 6) is 2.18. The monoisotopic (exact) mass is 381 g/mol. The molecule has 2 rings (SSSR count). The van der Waals surface area contributed by atoms with Gasteiger partial charge in [-0.1, -0.05) is 76.1 Å². The fourth-order valence-electron chi connectivity index (χ4n) is 3.82. The minimum absolute atomic E-state index is 0.614. The van der Waals surface area contributed by atoms with E-state index in [0.29, 0.717) is 11.5 Å². The highest BCUT2D eigenvalue weighted by molar-refractivity contribution is 8.11. The summed E-state index contributed by atoms with van der Waals surface area (Å²) in [6.45, 7) is 12.9. The van der Waals surface area contributed by atoms with Gasteiger partial charge in [-0.25, -0.2) is 0 Å². The zero-order valence-corrected chi connectivity index (χ0v) is 17.5. The first-order valence-electron chi connectivity index (χ1n) is 9.91. The molecule has 0 bridgehead atoms. The van der Waals surface area contributed by atoms with E-state index in [0.717, 1.165) is 33.6 Å². The molecule has 144 valence electrons. The van der Waals surface area contributed by atoms with E-state index in [1.807, 2.05) is 31.2 Å². The van der Waals surface area contributed by atoms with Crippen LogP contribution in [0.4, 0.5) is 0 Å². The van der Waals surface area contributed by atoms with Crippen LogP contribution in [0.3, 0.4) is 0 Å². The Morgan fingerprint density at radius 1 is 1.30 bits per heavy atom. The molecule has 2 nitrogen and oxygen atoms in total. The maximum atomic E-state index is 9.40. The van der Waals surface area contributed by atoms with Crippen LogP contribution in [0.5, 0.6) is 5.75 Å². The molecule has 27 heavy (non-hydrogen) atoms. The predicted octanol–water partition coefficient (Wildman–Crippen LogP) is 7.34. The fourth-order valence-corrected chi connectivity index (χ4v) is 4.61. The SMILES string of the molecule is C=C/C=C(/C)SC(=C)c1cc(C#N)cc(OC[C@@H]2CCCCC2CCC)c1. The molecule has 1 aliphatic carbocycles. The van der Waals surface area contributed by atoms with Gasteiger partial charge >= 0.3 is 0 Å². The van der Waals surface area contributed by atoms with Gasteiger partial charge in [0.1, 0.15) is 5.75 Å². The molecule has 2 atom stereocenters. The summed E-state index contributed by atoms with van der Waals surface area (Å²) in [5.41, 5.74) is 1.56. The quantitative estimate of drug-likeness (QED) is 0.420. The van der Waals surface area contributed by atoms with E-state index in [-0.39, 0.29) is 0 Å². The number of nitrogens with zero attached hydrogens (tertiary/aromatic N) is 1. The standard InChI is InChI=1S/C24H31NOS/c1-5-9-18(3)27-19(4)23-13-20(16-25)14-24(15-23)26-17-22-12-8-7-11-21(22)10-6-2/h5,9,13-15,21-22H,1,4,6-8,10-12,17H2,2-3H3/b18-9-/t21?,22-/m0/s1. The summed E-state index contributed by atoms with van der Waals surface area (Å²) in [4.78, 5) is 2.03. The van der Waals surface area contributed by atoms with Gasteiger partial charge in [-0.05, 0) is 53.8 Å². The highest BCUT2D eigenvalue weighted by Gasteiger charge is 2.25. The summed E-state index contributed by atoms with van der Waals surface area (Å²) < 4.78 is 6.18. The third kappa shape index (κ3) is 6.63. The Hall–Kier alpha value is -1.92. The summed E-state index contributed by atoms with van der Waals surface area (Å²) in [6.07, 6.45) is 11.5. The van der Waals surface area contributed by atoms with Gasteiger partial charge in [-0.15, -0.1) is 0 Å². The molecular formula is C24H31NOS. The first-order valence-corrected chi connectivity index (χ1v) is 10.7. The van der Waals surface area contributed by atoms with Crippen LogP contribution >= 0.6 is 11.8 Å². The molecule has 1 unspecified atom stereocenters. The van der Waals surface area contributed by atoms with Crippen molar-refractivity contribution in [3.63, 3.8) is 0 Å².